The van der Waals surface area contributed by atoms with E-state index in [1.54, 1.807) is 4.68 Å². The van der Waals surface area contributed by atoms with Crippen LogP contribution in [0, 0.1) is 18.8 Å². The molecule has 98 valence electrons. The zero-order valence-electron chi connectivity index (χ0n) is 11.1. The molecule has 4 nitrogen and oxygen atoms in total. The number of nitrogens with zero attached hydrogens (tertiary/aromatic N) is 2. The lowest BCUT2D eigenvalue weighted by molar-refractivity contribution is 0.294. The van der Waals surface area contributed by atoms with Gasteiger partial charge in [0.05, 0.1) is 17.0 Å². The third-order valence-corrected chi connectivity index (χ3v) is 2.66. The van der Waals surface area contributed by atoms with Gasteiger partial charge < -0.3 is 9.84 Å². The maximum absolute atomic E-state index is 8.74. The van der Waals surface area contributed by atoms with E-state index in [4.69, 9.17) is 9.84 Å². The number of benzene rings is 1. The number of aryl methyl sites for hydroxylation is 2. The monoisotopic (exact) mass is 256 g/mol. The maximum Gasteiger partial charge on any atom is 0.135 e. The van der Waals surface area contributed by atoms with Gasteiger partial charge in [-0.05, 0) is 25.1 Å². The molecule has 1 aromatic carbocycles. The van der Waals surface area contributed by atoms with Gasteiger partial charge in [0.2, 0.25) is 0 Å². The summed E-state index contributed by atoms with van der Waals surface area (Å²) in [6, 6.07) is 9.51. The predicted molar refractivity (Wildman–Crippen MR) is 72.7 cm³/mol. The minimum atomic E-state index is -0.157. The first kappa shape index (κ1) is 13.2. The fourth-order valence-electron chi connectivity index (χ4n) is 1.78. The molecule has 0 atom stereocenters. The number of aliphatic hydroxyl groups excluding tert-OH is 1. The number of aliphatic hydroxyl groups is 1. The Morgan fingerprint density at radius 2 is 2.16 bits per heavy atom. The van der Waals surface area contributed by atoms with Gasteiger partial charge >= 0.3 is 0 Å². The average molecular weight is 256 g/mol. The van der Waals surface area contributed by atoms with E-state index < -0.39 is 0 Å². The van der Waals surface area contributed by atoms with Gasteiger partial charge in [0.15, 0.2) is 0 Å². The molecule has 0 saturated heterocycles. The van der Waals surface area contributed by atoms with Crippen molar-refractivity contribution in [1.82, 2.24) is 9.78 Å². The molecule has 19 heavy (non-hydrogen) atoms. The summed E-state index contributed by atoms with van der Waals surface area (Å²) in [5.74, 6) is 6.21. The van der Waals surface area contributed by atoms with Crippen molar-refractivity contribution in [1.29, 1.82) is 0 Å². The van der Waals surface area contributed by atoms with E-state index in [-0.39, 0.29) is 6.61 Å². The maximum atomic E-state index is 8.74. The van der Waals surface area contributed by atoms with Crippen LogP contribution in [0.25, 0.3) is 0 Å². The van der Waals surface area contributed by atoms with E-state index in [0.717, 1.165) is 17.0 Å². The molecule has 1 heterocycles. The van der Waals surface area contributed by atoms with Crippen molar-refractivity contribution in [2.24, 2.45) is 7.05 Å². The molecule has 0 fully saturated rings. The molecule has 4 heteroatoms. The fraction of sp³-hybridized carbons (Fsp3) is 0.267. The van der Waals surface area contributed by atoms with E-state index in [9.17, 15) is 0 Å². The van der Waals surface area contributed by atoms with Gasteiger partial charge in [-0.3, -0.25) is 4.68 Å². The molecule has 2 aromatic rings. The van der Waals surface area contributed by atoms with Gasteiger partial charge in [0, 0.05) is 7.05 Å². The molecule has 1 aromatic heterocycles. The number of ether oxygens (including phenoxy) is 1. The molecule has 0 bridgehead atoms. The molecule has 0 aliphatic rings. The van der Waals surface area contributed by atoms with Gasteiger partial charge in [-0.25, -0.2) is 0 Å². The van der Waals surface area contributed by atoms with Crippen LogP contribution in [0.1, 0.15) is 17.0 Å². The highest BCUT2D eigenvalue weighted by atomic mass is 16.5. The Morgan fingerprint density at radius 3 is 2.84 bits per heavy atom. The van der Waals surface area contributed by atoms with E-state index >= 15 is 0 Å². The first-order valence-electron chi connectivity index (χ1n) is 6.02. The minimum Gasteiger partial charge on any atom is -0.486 e. The van der Waals surface area contributed by atoms with Gasteiger partial charge in [-0.1, -0.05) is 24.0 Å². The van der Waals surface area contributed by atoms with E-state index in [1.807, 2.05) is 44.3 Å². The summed E-state index contributed by atoms with van der Waals surface area (Å²) < 4.78 is 7.57. The smallest absolute Gasteiger partial charge is 0.135 e. The van der Waals surface area contributed by atoms with Crippen LogP contribution < -0.4 is 4.74 Å². The number of aromatic nitrogens is 2. The Balaban J connectivity index is 2.13. The van der Waals surface area contributed by atoms with Crippen molar-refractivity contribution in [2.45, 2.75) is 13.5 Å². The summed E-state index contributed by atoms with van der Waals surface area (Å²) in [7, 11) is 1.89. The Kier molecular flexibility index (Phi) is 4.22. The molecule has 2 rings (SSSR count). The number of rotatable bonds is 3. The standard InChI is InChI=1S/C15H16N2O2/c1-12-10-14(17(2)16-12)11-19-15-8-4-3-6-13(15)7-5-9-18/h3-4,6,8,10,18H,9,11H2,1-2H3. The van der Waals surface area contributed by atoms with Crippen LogP contribution in [-0.4, -0.2) is 21.5 Å². The lowest BCUT2D eigenvalue weighted by atomic mass is 10.2. The lowest BCUT2D eigenvalue weighted by Crippen LogP contribution is -2.03. The van der Waals surface area contributed by atoms with Crippen LogP contribution in [0.3, 0.4) is 0 Å². The Labute approximate surface area is 112 Å². The average Bonchev–Trinajstić information content (AvgIpc) is 2.73. The summed E-state index contributed by atoms with van der Waals surface area (Å²) >= 11 is 0. The summed E-state index contributed by atoms with van der Waals surface area (Å²) in [6.45, 7) is 2.23. The quantitative estimate of drug-likeness (QED) is 0.849. The topological polar surface area (TPSA) is 47.3 Å². The second-order valence-electron chi connectivity index (χ2n) is 4.15. The van der Waals surface area contributed by atoms with Gasteiger partial charge in [-0.15, -0.1) is 0 Å². The zero-order chi connectivity index (χ0) is 13.7. The molecule has 0 amide bonds. The van der Waals surface area contributed by atoms with E-state index in [2.05, 4.69) is 16.9 Å². The van der Waals surface area contributed by atoms with Crippen LogP contribution in [0.5, 0.6) is 5.75 Å². The number of para-hydroxylation sites is 1. The number of hydrogen-bond donors (Lipinski definition) is 1. The highest BCUT2D eigenvalue weighted by molar-refractivity contribution is 5.45. The van der Waals surface area contributed by atoms with E-state index in [1.165, 1.54) is 0 Å². The van der Waals surface area contributed by atoms with Crippen molar-refractivity contribution in [3.8, 4) is 17.6 Å². The summed E-state index contributed by atoms with van der Waals surface area (Å²) in [6.07, 6.45) is 0. The highest BCUT2D eigenvalue weighted by Crippen LogP contribution is 2.18. The molecule has 0 aliphatic carbocycles. The normalized spacial score (nSPS) is 9.84. The Hall–Kier alpha value is -2.25. The summed E-state index contributed by atoms with van der Waals surface area (Å²) in [5.41, 5.74) is 2.74. The van der Waals surface area contributed by atoms with Crippen LogP contribution in [0.2, 0.25) is 0 Å². The summed E-state index contributed by atoms with van der Waals surface area (Å²) in [4.78, 5) is 0. The van der Waals surface area contributed by atoms with Crippen molar-refractivity contribution < 1.29 is 9.84 Å². The molecule has 0 aliphatic heterocycles. The summed E-state index contributed by atoms with van der Waals surface area (Å²) in [5, 5.41) is 13.0. The third-order valence-electron chi connectivity index (χ3n) is 2.66. The third kappa shape index (κ3) is 3.36. The Bertz CT molecular complexity index is 621. The van der Waals surface area contributed by atoms with Crippen molar-refractivity contribution in [3.05, 3.63) is 47.3 Å². The highest BCUT2D eigenvalue weighted by Gasteiger charge is 2.05. The van der Waals surface area contributed by atoms with Crippen LogP contribution in [0.15, 0.2) is 30.3 Å². The first-order valence-corrected chi connectivity index (χ1v) is 6.02. The van der Waals surface area contributed by atoms with E-state index in [0.29, 0.717) is 12.4 Å². The van der Waals surface area contributed by atoms with Gasteiger partial charge in [0.25, 0.3) is 0 Å². The fourth-order valence-corrected chi connectivity index (χ4v) is 1.78. The lowest BCUT2D eigenvalue weighted by Gasteiger charge is -2.08. The van der Waals surface area contributed by atoms with Crippen LogP contribution in [0.4, 0.5) is 0 Å². The van der Waals surface area contributed by atoms with Crippen molar-refractivity contribution >= 4 is 0 Å². The van der Waals surface area contributed by atoms with Gasteiger partial charge in [-0.2, -0.15) is 5.10 Å². The SMILES string of the molecule is Cc1cc(COc2ccccc2C#CCO)n(C)n1. The minimum absolute atomic E-state index is 0.157. The second kappa shape index (κ2) is 6.07. The first-order chi connectivity index (χ1) is 9.20. The van der Waals surface area contributed by atoms with Gasteiger partial charge in [0.1, 0.15) is 19.0 Å². The van der Waals surface area contributed by atoms with Crippen LogP contribution in [-0.2, 0) is 13.7 Å². The van der Waals surface area contributed by atoms with Crippen molar-refractivity contribution in [2.75, 3.05) is 6.61 Å². The van der Waals surface area contributed by atoms with Crippen molar-refractivity contribution in [3.63, 3.8) is 0 Å². The second-order valence-corrected chi connectivity index (χ2v) is 4.15. The number of hydrogen-bond acceptors (Lipinski definition) is 3. The van der Waals surface area contributed by atoms with Crippen LogP contribution >= 0.6 is 0 Å². The molecular weight excluding hydrogens is 240 g/mol. The molecule has 0 spiro atoms. The largest absolute Gasteiger partial charge is 0.486 e. The predicted octanol–water partition coefficient (Wildman–Crippen LogP) is 1.65. The Morgan fingerprint density at radius 1 is 1.37 bits per heavy atom. The molecule has 0 unspecified atom stereocenters. The molecule has 1 N–H and O–H groups in total. The molecular formula is C15H16N2O2. The molecule has 0 saturated carbocycles. The molecule has 0 radical (unpaired) electrons. The zero-order valence-corrected chi connectivity index (χ0v) is 11.1.